The van der Waals surface area contributed by atoms with Crippen LogP contribution in [0, 0.1) is 12.7 Å². The number of hydrogen-bond acceptors (Lipinski definition) is 3. The van der Waals surface area contributed by atoms with Gasteiger partial charge < -0.3 is 9.67 Å². The standard InChI is InChI=1S/C13H15FN2O3S/c1-9-4-3-5-12(14)13(9)15-20(18,19)11-6-10(8-17)16(2)7-11/h3-7,15,17H,8H2,1-2H3. The first-order valence-electron chi connectivity index (χ1n) is 5.89. The minimum atomic E-state index is -3.89. The number of sulfonamides is 1. The van der Waals surface area contributed by atoms with Crippen LogP contribution in [-0.2, 0) is 23.7 Å². The summed E-state index contributed by atoms with van der Waals surface area (Å²) < 4.78 is 41.8. The summed E-state index contributed by atoms with van der Waals surface area (Å²) >= 11 is 0. The average molecular weight is 298 g/mol. The Morgan fingerprint density at radius 3 is 2.65 bits per heavy atom. The topological polar surface area (TPSA) is 71.3 Å². The van der Waals surface area contributed by atoms with Gasteiger partial charge in [-0.15, -0.1) is 0 Å². The number of aliphatic hydroxyl groups excluding tert-OH is 1. The SMILES string of the molecule is Cc1cccc(F)c1NS(=O)(=O)c1cc(CO)n(C)c1. The quantitative estimate of drug-likeness (QED) is 0.903. The minimum Gasteiger partial charge on any atom is -0.390 e. The van der Waals surface area contributed by atoms with Crippen molar-refractivity contribution in [3.05, 3.63) is 47.5 Å². The highest BCUT2D eigenvalue weighted by atomic mass is 32.2. The molecule has 0 spiro atoms. The molecular weight excluding hydrogens is 283 g/mol. The second-order valence-electron chi connectivity index (χ2n) is 4.47. The molecule has 2 N–H and O–H groups in total. The summed E-state index contributed by atoms with van der Waals surface area (Å²) in [6.45, 7) is 1.34. The van der Waals surface area contributed by atoms with Gasteiger partial charge in [0.2, 0.25) is 0 Å². The van der Waals surface area contributed by atoms with Gasteiger partial charge >= 0.3 is 0 Å². The van der Waals surface area contributed by atoms with E-state index < -0.39 is 15.8 Å². The maximum atomic E-state index is 13.7. The molecule has 0 aliphatic rings. The molecule has 0 atom stereocenters. The van der Waals surface area contributed by atoms with Crippen LogP contribution >= 0.6 is 0 Å². The fourth-order valence-electron chi connectivity index (χ4n) is 1.84. The van der Waals surface area contributed by atoms with Gasteiger partial charge in [-0.3, -0.25) is 4.72 Å². The van der Waals surface area contributed by atoms with Crippen LogP contribution < -0.4 is 4.72 Å². The number of para-hydroxylation sites is 1. The van der Waals surface area contributed by atoms with Gasteiger partial charge in [0, 0.05) is 18.9 Å². The highest BCUT2D eigenvalue weighted by molar-refractivity contribution is 7.92. The summed E-state index contributed by atoms with van der Waals surface area (Å²) in [5.41, 5.74) is 0.879. The van der Waals surface area contributed by atoms with Crippen LogP contribution in [0.15, 0.2) is 35.4 Å². The van der Waals surface area contributed by atoms with Gasteiger partial charge in [0.05, 0.1) is 12.3 Å². The van der Waals surface area contributed by atoms with Crippen molar-refractivity contribution in [2.45, 2.75) is 18.4 Å². The van der Waals surface area contributed by atoms with E-state index in [-0.39, 0.29) is 17.2 Å². The molecule has 0 unspecified atom stereocenters. The highest BCUT2D eigenvalue weighted by Crippen LogP contribution is 2.23. The highest BCUT2D eigenvalue weighted by Gasteiger charge is 2.20. The van der Waals surface area contributed by atoms with Crippen molar-refractivity contribution in [1.29, 1.82) is 0 Å². The first-order chi connectivity index (χ1) is 9.35. The lowest BCUT2D eigenvalue weighted by atomic mass is 10.2. The molecule has 0 fully saturated rings. The molecule has 1 heterocycles. The Morgan fingerprint density at radius 2 is 2.10 bits per heavy atom. The molecule has 1 aromatic heterocycles. The third-order valence-electron chi connectivity index (χ3n) is 3.01. The van der Waals surface area contributed by atoms with E-state index in [9.17, 15) is 12.8 Å². The number of hydrogen-bond donors (Lipinski definition) is 2. The van der Waals surface area contributed by atoms with Crippen LogP contribution in [0.25, 0.3) is 0 Å². The van der Waals surface area contributed by atoms with Crippen molar-refractivity contribution in [3.8, 4) is 0 Å². The van der Waals surface area contributed by atoms with E-state index in [1.807, 2.05) is 0 Å². The average Bonchev–Trinajstić information content (AvgIpc) is 2.76. The molecule has 0 amide bonds. The fourth-order valence-corrected chi connectivity index (χ4v) is 3.07. The summed E-state index contributed by atoms with van der Waals surface area (Å²) in [4.78, 5) is -0.0216. The maximum absolute atomic E-state index is 13.7. The normalized spacial score (nSPS) is 11.6. The Hall–Kier alpha value is -1.86. The molecular formula is C13H15FN2O3S. The van der Waals surface area contributed by atoms with Crippen LogP contribution in [0.3, 0.4) is 0 Å². The molecule has 0 aliphatic carbocycles. The van der Waals surface area contributed by atoms with Gasteiger partial charge in [-0.05, 0) is 24.6 Å². The fraction of sp³-hybridized carbons (Fsp3) is 0.231. The molecule has 5 nitrogen and oxygen atoms in total. The van der Waals surface area contributed by atoms with Crippen LogP contribution in [-0.4, -0.2) is 18.1 Å². The van der Waals surface area contributed by atoms with E-state index in [1.165, 1.54) is 29.0 Å². The summed E-state index contributed by atoms with van der Waals surface area (Å²) in [7, 11) is -2.27. The van der Waals surface area contributed by atoms with Crippen molar-refractivity contribution in [1.82, 2.24) is 4.57 Å². The van der Waals surface area contributed by atoms with E-state index in [2.05, 4.69) is 4.72 Å². The monoisotopic (exact) mass is 298 g/mol. The van der Waals surface area contributed by atoms with Gasteiger partial charge in [0.25, 0.3) is 10.0 Å². The second-order valence-corrected chi connectivity index (χ2v) is 6.16. The third-order valence-corrected chi connectivity index (χ3v) is 4.33. The molecule has 1 aromatic carbocycles. The number of nitrogens with one attached hydrogen (secondary N) is 1. The van der Waals surface area contributed by atoms with E-state index in [1.54, 1.807) is 20.0 Å². The van der Waals surface area contributed by atoms with Crippen molar-refractivity contribution in [3.63, 3.8) is 0 Å². The van der Waals surface area contributed by atoms with Crippen molar-refractivity contribution in [2.24, 2.45) is 7.05 Å². The van der Waals surface area contributed by atoms with Crippen LogP contribution in [0.2, 0.25) is 0 Å². The van der Waals surface area contributed by atoms with Crippen LogP contribution in [0.1, 0.15) is 11.3 Å². The summed E-state index contributed by atoms with van der Waals surface area (Å²) in [5, 5.41) is 9.08. The van der Waals surface area contributed by atoms with Gasteiger partial charge in [0.15, 0.2) is 0 Å². The second kappa shape index (κ2) is 5.26. The third kappa shape index (κ3) is 2.68. The lowest BCUT2D eigenvalue weighted by Crippen LogP contribution is -2.14. The first-order valence-corrected chi connectivity index (χ1v) is 7.37. The van der Waals surface area contributed by atoms with E-state index in [0.717, 1.165) is 0 Å². The van der Waals surface area contributed by atoms with Crippen molar-refractivity contribution in [2.75, 3.05) is 4.72 Å². The Bertz CT molecular complexity index is 718. The van der Waals surface area contributed by atoms with Gasteiger partial charge in [0.1, 0.15) is 10.7 Å². The number of nitrogens with zero attached hydrogens (tertiary/aromatic N) is 1. The first kappa shape index (κ1) is 14.5. The number of aliphatic hydroxyl groups is 1. The molecule has 0 saturated heterocycles. The number of anilines is 1. The molecule has 0 bridgehead atoms. The van der Waals surface area contributed by atoms with Crippen molar-refractivity contribution >= 4 is 15.7 Å². The molecule has 2 aromatic rings. The van der Waals surface area contributed by atoms with Gasteiger partial charge in [-0.25, -0.2) is 12.8 Å². The van der Waals surface area contributed by atoms with Gasteiger partial charge in [-0.1, -0.05) is 12.1 Å². The van der Waals surface area contributed by atoms with Crippen LogP contribution in [0.5, 0.6) is 0 Å². The number of rotatable bonds is 4. The minimum absolute atomic E-state index is 0.0216. The number of aryl methyl sites for hydroxylation is 2. The molecule has 7 heteroatoms. The van der Waals surface area contributed by atoms with Gasteiger partial charge in [-0.2, -0.15) is 0 Å². The predicted octanol–water partition coefficient (Wildman–Crippen LogP) is 1.77. The van der Waals surface area contributed by atoms with E-state index >= 15 is 0 Å². The van der Waals surface area contributed by atoms with E-state index in [4.69, 9.17) is 5.11 Å². The lowest BCUT2D eigenvalue weighted by molar-refractivity contribution is 0.272. The number of halogens is 1. The Balaban J connectivity index is 2.41. The summed E-state index contributed by atoms with van der Waals surface area (Å²) in [5.74, 6) is -0.633. The Kier molecular flexibility index (Phi) is 3.82. The molecule has 0 radical (unpaired) electrons. The largest absolute Gasteiger partial charge is 0.390 e. The lowest BCUT2D eigenvalue weighted by Gasteiger charge is -2.10. The Labute approximate surface area is 116 Å². The molecule has 2 rings (SSSR count). The molecule has 0 aliphatic heterocycles. The van der Waals surface area contributed by atoms with E-state index in [0.29, 0.717) is 11.3 Å². The zero-order chi connectivity index (χ0) is 14.9. The predicted molar refractivity (Wildman–Crippen MR) is 73.3 cm³/mol. The molecule has 0 saturated carbocycles. The maximum Gasteiger partial charge on any atom is 0.263 e. The number of benzene rings is 1. The Morgan fingerprint density at radius 1 is 1.40 bits per heavy atom. The zero-order valence-corrected chi connectivity index (χ0v) is 11.9. The summed E-state index contributed by atoms with van der Waals surface area (Å²) in [6, 6.07) is 5.66. The number of aromatic nitrogens is 1. The molecule has 20 heavy (non-hydrogen) atoms. The van der Waals surface area contributed by atoms with Crippen LogP contribution in [0.4, 0.5) is 10.1 Å². The van der Waals surface area contributed by atoms with Crippen molar-refractivity contribution < 1.29 is 17.9 Å². The smallest absolute Gasteiger partial charge is 0.263 e. The summed E-state index contributed by atoms with van der Waals surface area (Å²) in [6.07, 6.45) is 1.37. The zero-order valence-electron chi connectivity index (χ0n) is 11.1. The molecule has 108 valence electrons.